The summed E-state index contributed by atoms with van der Waals surface area (Å²) in [5, 5.41) is 0. The molecule has 7 heteroatoms. The fourth-order valence-corrected chi connectivity index (χ4v) is 2.20. The molecule has 1 aromatic carbocycles. The Balaban J connectivity index is 2.51. The molecule has 0 bridgehead atoms. The third kappa shape index (κ3) is 2.31. The van der Waals surface area contributed by atoms with Gasteiger partial charge in [0, 0.05) is 41.5 Å². The quantitative estimate of drug-likeness (QED) is 0.905. The smallest absolute Gasteiger partial charge is 0.201 e. The molecule has 0 aliphatic rings. The van der Waals surface area contributed by atoms with Crippen molar-refractivity contribution in [3.05, 3.63) is 17.9 Å². The minimum absolute atomic E-state index is 0.140. The molecule has 18 heavy (non-hydrogen) atoms. The molecule has 98 valence electrons. The molecule has 1 atom stereocenters. The Kier molecular flexibility index (Phi) is 3.51. The molecule has 1 aromatic heterocycles. The number of anilines is 1. The van der Waals surface area contributed by atoms with Crippen molar-refractivity contribution in [2.75, 3.05) is 24.9 Å². The van der Waals surface area contributed by atoms with E-state index in [0.717, 1.165) is 0 Å². The van der Waals surface area contributed by atoms with Crippen LogP contribution < -0.4 is 10.5 Å². The number of aryl methyl sites for hydroxylation is 1. The summed E-state index contributed by atoms with van der Waals surface area (Å²) in [6, 6.07) is 2.83. The summed E-state index contributed by atoms with van der Waals surface area (Å²) < 4.78 is 31.3. The van der Waals surface area contributed by atoms with Crippen molar-refractivity contribution in [3.8, 4) is 5.75 Å². The fourth-order valence-electron chi connectivity index (χ4n) is 1.76. The second-order valence-electron chi connectivity index (χ2n) is 3.87. The number of aromatic nitrogens is 2. The topological polar surface area (TPSA) is 70.1 Å². The van der Waals surface area contributed by atoms with Crippen LogP contribution in [0.15, 0.2) is 12.1 Å². The lowest BCUT2D eigenvalue weighted by Crippen LogP contribution is -2.09. The van der Waals surface area contributed by atoms with Crippen LogP contribution in [-0.4, -0.2) is 32.9 Å². The molecule has 0 fully saturated rings. The van der Waals surface area contributed by atoms with E-state index >= 15 is 0 Å². The van der Waals surface area contributed by atoms with Crippen LogP contribution in [-0.2, 0) is 17.3 Å². The van der Waals surface area contributed by atoms with Crippen LogP contribution >= 0.6 is 0 Å². The molecule has 0 radical (unpaired) electrons. The highest BCUT2D eigenvalue weighted by Gasteiger charge is 2.13. The number of hydrogen-bond donors (Lipinski definition) is 1. The van der Waals surface area contributed by atoms with Crippen LogP contribution in [0.1, 0.15) is 0 Å². The van der Waals surface area contributed by atoms with Crippen LogP contribution in [0.25, 0.3) is 11.0 Å². The first-order valence-electron chi connectivity index (χ1n) is 5.32. The molecule has 2 N–H and O–H groups in total. The summed E-state index contributed by atoms with van der Waals surface area (Å²) in [5.41, 5.74) is 6.91. The van der Waals surface area contributed by atoms with E-state index in [0.29, 0.717) is 23.3 Å². The molecule has 0 amide bonds. The molecular weight excluding hydrogens is 257 g/mol. The zero-order valence-corrected chi connectivity index (χ0v) is 11.0. The summed E-state index contributed by atoms with van der Waals surface area (Å²) in [7, 11) is 0.476. The van der Waals surface area contributed by atoms with E-state index in [4.69, 9.17) is 10.5 Å². The summed E-state index contributed by atoms with van der Waals surface area (Å²) in [6.45, 7) is 0.472. The normalized spacial score (nSPS) is 12.8. The summed E-state index contributed by atoms with van der Waals surface area (Å²) in [4.78, 5) is 4.07. The third-order valence-corrected chi connectivity index (χ3v) is 3.41. The average molecular weight is 271 g/mol. The number of halogens is 1. The van der Waals surface area contributed by atoms with Crippen molar-refractivity contribution in [1.29, 1.82) is 0 Å². The molecule has 0 spiro atoms. The number of methoxy groups -OCH3 is 1. The Morgan fingerprint density at radius 2 is 2.28 bits per heavy atom. The molecule has 0 saturated carbocycles. The van der Waals surface area contributed by atoms with Gasteiger partial charge in [0.15, 0.2) is 11.6 Å². The number of imidazole rings is 1. The lowest BCUT2D eigenvalue weighted by atomic mass is 10.3. The van der Waals surface area contributed by atoms with Crippen LogP contribution in [0, 0.1) is 5.82 Å². The van der Waals surface area contributed by atoms with Gasteiger partial charge < -0.3 is 15.0 Å². The Morgan fingerprint density at radius 1 is 1.56 bits per heavy atom. The van der Waals surface area contributed by atoms with E-state index in [-0.39, 0.29) is 11.7 Å². The van der Waals surface area contributed by atoms with E-state index in [9.17, 15) is 8.60 Å². The first-order chi connectivity index (χ1) is 8.52. The first kappa shape index (κ1) is 12.8. The Morgan fingerprint density at radius 3 is 2.89 bits per heavy atom. The third-order valence-electron chi connectivity index (χ3n) is 2.65. The van der Waals surface area contributed by atoms with E-state index in [1.54, 1.807) is 16.9 Å². The van der Waals surface area contributed by atoms with Crippen LogP contribution in [0.5, 0.6) is 5.75 Å². The van der Waals surface area contributed by atoms with Crippen molar-refractivity contribution in [1.82, 2.24) is 9.55 Å². The van der Waals surface area contributed by atoms with Gasteiger partial charge in [0.25, 0.3) is 0 Å². The van der Waals surface area contributed by atoms with Gasteiger partial charge in [-0.05, 0) is 0 Å². The van der Waals surface area contributed by atoms with Gasteiger partial charge in [0.2, 0.25) is 5.95 Å². The summed E-state index contributed by atoms with van der Waals surface area (Å²) in [6.07, 6.45) is 1.62. The maximum Gasteiger partial charge on any atom is 0.201 e. The molecule has 0 aliphatic heterocycles. The lowest BCUT2D eigenvalue weighted by Gasteiger charge is -2.06. The van der Waals surface area contributed by atoms with Gasteiger partial charge in [-0.25, -0.2) is 9.37 Å². The van der Waals surface area contributed by atoms with Gasteiger partial charge in [0.1, 0.15) is 0 Å². The highest BCUT2D eigenvalue weighted by atomic mass is 32.2. The van der Waals surface area contributed by atoms with Crippen molar-refractivity contribution in [3.63, 3.8) is 0 Å². The predicted molar refractivity (Wildman–Crippen MR) is 69.6 cm³/mol. The van der Waals surface area contributed by atoms with Gasteiger partial charge in [-0.3, -0.25) is 4.21 Å². The Hall–Kier alpha value is -1.63. The highest BCUT2D eigenvalue weighted by Crippen LogP contribution is 2.26. The van der Waals surface area contributed by atoms with E-state index in [1.807, 2.05) is 0 Å². The average Bonchev–Trinajstić information content (AvgIpc) is 2.60. The monoisotopic (exact) mass is 271 g/mol. The fraction of sp³-hybridized carbons (Fsp3) is 0.364. The number of nitrogens with two attached hydrogens (primary N) is 1. The first-order valence-corrected chi connectivity index (χ1v) is 7.05. The zero-order valence-electron chi connectivity index (χ0n) is 10.1. The zero-order chi connectivity index (χ0) is 13.3. The molecule has 0 aliphatic carbocycles. The lowest BCUT2D eigenvalue weighted by molar-refractivity contribution is 0.387. The number of fused-ring (bicyclic) bond motifs is 1. The van der Waals surface area contributed by atoms with Crippen LogP contribution in [0.2, 0.25) is 0 Å². The number of nitrogens with zero attached hydrogens (tertiary/aromatic N) is 2. The number of benzene rings is 1. The largest absolute Gasteiger partial charge is 0.494 e. The molecule has 2 aromatic rings. The van der Waals surface area contributed by atoms with E-state index < -0.39 is 16.6 Å². The maximum atomic E-state index is 13.5. The van der Waals surface area contributed by atoms with Crippen molar-refractivity contribution >= 4 is 27.8 Å². The molecule has 0 saturated heterocycles. The molecule has 5 nitrogen and oxygen atoms in total. The second kappa shape index (κ2) is 4.93. The standard InChI is InChI=1S/C11H14FN3O2S/c1-17-10-6-9-8(5-7(10)12)14-11(13)15(9)3-4-18(2)16/h5-6H,3-4H2,1-2H3,(H2,13,14). The minimum atomic E-state index is -0.922. The Labute approximate surface area is 106 Å². The van der Waals surface area contributed by atoms with Crippen LogP contribution in [0.4, 0.5) is 10.3 Å². The predicted octanol–water partition coefficient (Wildman–Crippen LogP) is 1.14. The second-order valence-corrected chi connectivity index (χ2v) is 5.43. The van der Waals surface area contributed by atoms with Crippen molar-refractivity contribution in [2.45, 2.75) is 6.54 Å². The number of hydrogen-bond acceptors (Lipinski definition) is 4. The number of ether oxygens (including phenoxy) is 1. The number of nitrogen functional groups attached to an aromatic ring is 1. The molecule has 1 unspecified atom stereocenters. The highest BCUT2D eigenvalue weighted by molar-refractivity contribution is 7.84. The summed E-state index contributed by atoms with van der Waals surface area (Å²) in [5.74, 6) is 0.410. The van der Waals surface area contributed by atoms with E-state index in [2.05, 4.69) is 4.98 Å². The van der Waals surface area contributed by atoms with Gasteiger partial charge in [-0.15, -0.1) is 0 Å². The SMILES string of the molecule is COc1cc2c(cc1F)nc(N)n2CCS(C)=O. The molecule has 1 heterocycles. The van der Waals surface area contributed by atoms with Crippen LogP contribution in [0.3, 0.4) is 0 Å². The summed E-state index contributed by atoms with van der Waals surface area (Å²) >= 11 is 0. The van der Waals surface area contributed by atoms with E-state index in [1.165, 1.54) is 13.2 Å². The molecule has 2 rings (SSSR count). The minimum Gasteiger partial charge on any atom is -0.494 e. The van der Waals surface area contributed by atoms with Gasteiger partial charge >= 0.3 is 0 Å². The number of rotatable bonds is 4. The van der Waals surface area contributed by atoms with Gasteiger partial charge in [-0.2, -0.15) is 0 Å². The maximum absolute atomic E-state index is 13.5. The van der Waals surface area contributed by atoms with Crippen molar-refractivity contribution < 1.29 is 13.3 Å². The molecular formula is C11H14FN3O2S. The Bertz CT molecular complexity index is 612. The van der Waals surface area contributed by atoms with Gasteiger partial charge in [-0.1, -0.05) is 0 Å². The van der Waals surface area contributed by atoms with Crippen molar-refractivity contribution in [2.24, 2.45) is 0 Å². The van der Waals surface area contributed by atoms with Gasteiger partial charge in [0.05, 0.1) is 18.1 Å².